The zero-order valence-corrected chi connectivity index (χ0v) is 21.8. The van der Waals surface area contributed by atoms with Crippen LogP contribution in [0.2, 0.25) is 0 Å². The maximum Gasteiger partial charge on any atom is 0.270 e. The minimum atomic E-state index is -0.335. The van der Waals surface area contributed by atoms with Crippen LogP contribution in [0.15, 0.2) is 47.4 Å². The van der Waals surface area contributed by atoms with Crippen molar-refractivity contribution in [3.63, 3.8) is 0 Å². The number of carbonyl (C=O) groups is 2. The van der Waals surface area contributed by atoms with Gasteiger partial charge in [0.2, 0.25) is 0 Å². The van der Waals surface area contributed by atoms with E-state index in [0.29, 0.717) is 35.7 Å². The molecule has 1 aromatic carbocycles. The first kappa shape index (κ1) is 25.0. The first-order valence-corrected chi connectivity index (χ1v) is 13.1. The number of nitrogens with zero attached hydrogens (tertiary/aromatic N) is 3. The second-order valence-electron chi connectivity index (χ2n) is 9.39. The third-order valence-electron chi connectivity index (χ3n) is 6.46. The van der Waals surface area contributed by atoms with Crippen LogP contribution >= 0.6 is 11.8 Å². The van der Waals surface area contributed by atoms with Gasteiger partial charge >= 0.3 is 0 Å². The molecule has 0 spiro atoms. The van der Waals surface area contributed by atoms with E-state index in [2.05, 4.69) is 53.2 Å². The molecule has 7 heteroatoms. The van der Waals surface area contributed by atoms with Crippen LogP contribution in [0.3, 0.4) is 0 Å². The van der Waals surface area contributed by atoms with Crippen molar-refractivity contribution in [3.8, 4) is 0 Å². The number of hydrogen-bond donors (Lipinski definition) is 1. The van der Waals surface area contributed by atoms with Crippen LogP contribution in [-0.4, -0.2) is 32.4 Å². The number of ketones is 1. The zero-order valence-electron chi connectivity index (χ0n) is 21.0. The van der Waals surface area contributed by atoms with Gasteiger partial charge in [-0.05, 0) is 73.8 Å². The molecule has 35 heavy (non-hydrogen) atoms. The number of aryl methyl sites for hydroxylation is 2. The number of aromatic nitrogens is 3. The largest absolute Gasteiger partial charge is 0.347 e. The number of pyridine rings is 1. The highest BCUT2D eigenvalue weighted by atomic mass is 32.2. The van der Waals surface area contributed by atoms with E-state index in [9.17, 15) is 9.59 Å². The van der Waals surface area contributed by atoms with Crippen LogP contribution in [0.5, 0.6) is 0 Å². The normalized spacial score (nSPS) is 17.4. The summed E-state index contributed by atoms with van der Waals surface area (Å²) in [4.78, 5) is 41.3. The highest BCUT2D eigenvalue weighted by Gasteiger charge is 2.40. The van der Waals surface area contributed by atoms with Crippen LogP contribution in [0, 0.1) is 25.7 Å². The second kappa shape index (κ2) is 10.7. The summed E-state index contributed by atoms with van der Waals surface area (Å²) in [6.45, 7) is 10.6. The molecule has 0 radical (unpaired) electrons. The predicted molar refractivity (Wildman–Crippen MR) is 139 cm³/mol. The number of carbonyl (C=O) groups excluding carboxylic acids is 2. The van der Waals surface area contributed by atoms with Crippen molar-refractivity contribution in [1.82, 2.24) is 20.3 Å². The summed E-state index contributed by atoms with van der Waals surface area (Å²) in [5.74, 6) is 1.45. The lowest BCUT2D eigenvalue weighted by Crippen LogP contribution is -2.35. The molecule has 182 valence electrons. The van der Waals surface area contributed by atoms with Crippen LogP contribution < -0.4 is 5.32 Å². The molecule has 2 unspecified atom stereocenters. The van der Waals surface area contributed by atoms with Crippen molar-refractivity contribution in [2.24, 2.45) is 11.8 Å². The lowest BCUT2D eigenvalue weighted by molar-refractivity contribution is 0.0882. The molecule has 0 aliphatic heterocycles. The van der Waals surface area contributed by atoms with E-state index in [4.69, 9.17) is 0 Å². The Labute approximate surface area is 211 Å². The number of thioether (sulfide) groups is 1. The summed E-state index contributed by atoms with van der Waals surface area (Å²) in [5.41, 5.74) is 4.28. The maximum absolute atomic E-state index is 13.6. The highest BCUT2D eigenvalue weighted by Crippen LogP contribution is 2.40. The van der Waals surface area contributed by atoms with Crippen molar-refractivity contribution < 1.29 is 9.59 Å². The van der Waals surface area contributed by atoms with Crippen LogP contribution in [0.25, 0.3) is 0 Å². The van der Waals surface area contributed by atoms with E-state index in [0.717, 1.165) is 22.7 Å². The second-order valence-corrected chi connectivity index (χ2v) is 10.7. The van der Waals surface area contributed by atoms with Crippen molar-refractivity contribution in [2.45, 2.75) is 58.4 Å². The number of nitrogens with one attached hydrogen (secondary N) is 1. The molecule has 1 aliphatic rings. The van der Waals surface area contributed by atoms with Crippen molar-refractivity contribution in [1.29, 1.82) is 0 Å². The molecule has 1 aliphatic carbocycles. The molecule has 2 heterocycles. The molecule has 0 bridgehead atoms. The number of Topliss-reactive ketones (excluding diaryl/α,β-unsaturated/α-hetero) is 1. The van der Waals surface area contributed by atoms with Crippen LogP contribution in [-0.2, 0) is 13.0 Å². The Balaban J connectivity index is 1.54. The van der Waals surface area contributed by atoms with Crippen molar-refractivity contribution >= 4 is 23.5 Å². The number of hydrogen-bond acceptors (Lipinski definition) is 6. The fourth-order valence-corrected chi connectivity index (χ4v) is 5.39. The third kappa shape index (κ3) is 5.61. The maximum atomic E-state index is 13.6. The Morgan fingerprint density at radius 2 is 1.83 bits per heavy atom. The molecule has 0 saturated carbocycles. The summed E-state index contributed by atoms with van der Waals surface area (Å²) in [6.07, 6.45) is 0.628. The van der Waals surface area contributed by atoms with Crippen LogP contribution in [0.4, 0.5) is 0 Å². The molecule has 1 amide bonds. The average molecular weight is 489 g/mol. The number of fused-ring (bicyclic) bond motifs is 1. The van der Waals surface area contributed by atoms with Gasteiger partial charge < -0.3 is 5.32 Å². The van der Waals surface area contributed by atoms with Gasteiger partial charge in [0.15, 0.2) is 5.78 Å². The summed E-state index contributed by atoms with van der Waals surface area (Å²) in [5, 5.41) is 2.96. The lowest BCUT2D eigenvalue weighted by Gasteiger charge is -2.34. The summed E-state index contributed by atoms with van der Waals surface area (Å²) in [6, 6.07) is 13.5. The fourth-order valence-electron chi connectivity index (χ4n) is 4.73. The minimum Gasteiger partial charge on any atom is -0.347 e. The molecule has 2 atom stereocenters. The summed E-state index contributed by atoms with van der Waals surface area (Å²) >= 11 is 1.79. The molecule has 0 fully saturated rings. The molecule has 0 saturated heterocycles. The summed E-state index contributed by atoms with van der Waals surface area (Å²) in [7, 11) is 0. The average Bonchev–Trinajstić information content (AvgIpc) is 2.82. The van der Waals surface area contributed by atoms with E-state index in [1.165, 1.54) is 4.90 Å². The van der Waals surface area contributed by atoms with E-state index in [-0.39, 0.29) is 29.4 Å². The molecule has 2 aromatic heterocycles. The van der Waals surface area contributed by atoms with Gasteiger partial charge in [0.25, 0.3) is 5.91 Å². The molecule has 3 aromatic rings. The van der Waals surface area contributed by atoms with E-state index < -0.39 is 0 Å². The molecule has 1 N–H and O–H groups in total. The fraction of sp³-hybridized carbons (Fsp3) is 0.393. The zero-order chi connectivity index (χ0) is 25.1. The van der Waals surface area contributed by atoms with E-state index in [1.54, 1.807) is 23.9 Å². The van der Waals surface area contributed by atoms with Gasteiger partial charge in [0, 0.05) is 22.7 Å². The topological polar surface area (TPSA) is 84.8 Å². The first-order valence-electron chi connectivity index (χ1n) is 12.1. The van der Waals surface area contributed by atoms with Gasteiger partial charge in [-0.3, -0.25) is 9.59 Å². The van der Waals surface area contributed by atoms with Crippen molar-refractivity contribution in [3.05, 3.63) is 82.2 Å². The Morgan fingerprint density at radius 3 is 2.49 bits per heavy atom. The number of amides is 1. The Hall–Kier alpha value is -3.06. The van der Waals surface area contributed by atoms with Gasteiger partial charge in [-0.15, -0.1) is 11.8 Å². The van der Waals surface area contributed by atoms with Gasteiger partial charge in [-0.1, -0.05) is 32.9 Å². The van der Waals surface area contributed by atoms with E-state index in [1.807, 2.05) is 32.0 Å². The standard InChI is InChI=1S/C28H32N4O2S/c1-6-35-20-9-7-19(8-10-20)15-29-28(34)23-12-11-21-24(32-23)14-22(16(2)3)26(27(21)33)25-13-17(4)30-18(5)31-25/h7-13,16,22,26H,6,14-15H2,1-5H3,(H,29,34). The Bertz CT molecular complexity index is 1220. The Kier molecular flexibility index (Phi) is 7.65. The van der Waals surface area contributed by atoms with Gasteiger partial charge in [-0.2, -0.15) is 0 Å². The SMILES string of the molecule is CCSc1ccc(CNC(=O)c2ccc3c(n2)CC(C(C)C)C(c2cc(C)nc(C)n2)C3=O)cc1. The Morgan fingerprint density at radius 1 is 1.09 bits per heavy atom. The summed E-state index contributed by atoms with van der Waals surface area (Å²) < 4.78 is 0. The van der Waals surface area contributed by atoms with Gasteiger partial charge in [0.1, 0.15) is 11.5 Å². The first-order chi connectivity index (χ1) is 16.8. The molecule has 4 rings (SSSR count). The van der Waals surface area contributed by atoms with E-state index >= 15 is 0 Å². The molecule has 6 nitrogen and oxygen atoms in total. The third-order valence-corrected chi connectivity index (χ3v) is 7.35. The minimum absolute atomic E-state index is 0.0203. The van der Waals surface area contributed by atoms with Gasteiger partial charge in [0.05, 0.1) is 17.3 Å². The van der Waals surface area contributed by atoms with Crippen molar-refractivity contribution in [2.75, 3.05) is 5.75 Å². The predicted octanol–water partition coefficient (Wildman–Crippen LogP) is 5.33. The number of benzene rings is 1. The number of rotatable bonds is 7. The van der Waals surface area contributed by atoms with Gasteiger partial charge in [-0.25, -0.2) is 15.0 Å². The molecular formula is C28H32N4O2S. The smallest absolute Gasteiger partial charge is 0.270 e. The van der Waals surface area contributed by atoms with Crippen LogP contribution in [0.1, 0.15) is 76.0 Å². The highest BCUT2D eigenvalue weighted by molar-refractivity contribution is 7.99. The molecular weight excluding hydrogens is 456 g/mol. The quantitative estimate of drug-likeness (QED) is 0.453. The lowest BCUT2D eigenvalue weighted by atomic mass is 9.70. The monoisotopic (exact) mass is 488 g/mol.